The second-order valence-electron chi connectivity index (χ2n) is 10.4. The van der Waals surface area contributed by atoms with Crippen LogP contribution in [0.1, 0.15) is 53.3 Å². The first-order chi connectivity index (χ1) is 14.7. The van der Waals surface area contributed by atoms with E-state index in [0.29, 0.717) is 0 Å². The molecule has 1 aromatic carbocycles. The van der Waals surface area contributed by atoms with Crippen LogP contribution in [0, 0.1) is 5.92 Å². The number of para-hydroxylation sites is 2. The summed E-state index contributed by atoms with van der Waals surface area (Å²) in [7, 11) is -0.366. The van der Waals surface area contributed by atoms with Crippen molar-refractivity contribution in [2.45, 2.75) is 64.2 Å². The van der Waals surface area contributed by atoms with E-state index in [1.54, 1.807) is 0 Å². The van der Waals surface area contributed by atoms with Crippen molar-refractivity contribution in [1.29, 1.82) is 0 Å². The lowest BCUT2D eigenvalue weighted by Gasteiger charge is -2.45. The summed E-state index contributed by atoms with van der Waals surface area (Å²) in [6.07, 6.45) is 13.7. The molecule has 4 aliphatic rings. The quantitative estimate of drug-likeness (QED) is 0.571. The summed E-state index contributed by atoms with van der Waals surface area (Å²) < 4.78 is 15.3. The van der Waals surface area contributed by atoms with Gasteiger partial charge in [-0.1, -0.05) is 42.5 Å². The Balaban J connectivity index is 1.55. The average molecular weight is 412 g/mol. The minimum Gasteiger partial charge on any atom is -0.399 e. The highest BCUT2D eigenvalue weighted by atomic mass is 16.7. The Kier molecular flexibility index (Phi) is 3.81. The monoisotopic (exact) mass is 412 g/mol. The third kappa shape index (κ3) is 2.54. The van der Waals surface area contributed by atoms with E-state index in [-0.39, 0.29) is 29.8 Å². The third-order valence-corrected chi connectivity index (χ3v) is 7.95. The van der Waals surface area contributed by atoms with E-state index in [9.17, 15) is 0 Å². The number of imidazole rings is 1. The highest BCUT2D eigenvalue weighted by molar-refractivity contribution is 6.55. The van der Waals surface area contributed by atoms with Crippen molar-refractivity contribution in [3.05, 3.63) is 71.5 Å². The summed E-state index contributed by atoms with van der Waals surface area (Å²) in [6, 6.07) is 8.50. The minimum atomic E-state index is -0.366. The maximum Gasteiger partial charge on any atom is 0.494 e. The van der Waals surface area contributed by atoms with Gasteiger partial charge < -0.3 is 13.9 Å². The van der Waals surface area contributed by atoms with E-state index < -0.39 is 0 Å². The molecule has 2 aliphatic carbocycles. The van der Waals surface area contributed by atoms with Crippen LogP contribution in [0.4, 0.5) is 0 Å². The molecular formula is C26H29BN2O2. The average Bonchev–Trinajstić information content (AvgIpc) is 3.23. The standard InChI is InChI=1S/C26H29BN2O2/c1-24(2)25(3,4)31-27(30-24)17-14-15-20-18-10-6-7-11-19(18)23-28-21-12-8-9-13-22(21)29(23)26(20,5)16-17/h6,8-10,12-16,20H,7,11H2,1-5H3/t20?,26-/m0/s1. The summed E-state index contributed by atoms with van der Waals surface area (Å²) in [6.45, 7) is 10.8. The molecule has 0 amide bonds. The number of rotatable bonds is 1. The molecule has 4 nitrogen and oxygen atoms in total. The zero-order valence-corrected chi connectivity index (χ0v) is 19.0. The van der Waals surface area contributed by atoms with Crippen LogP contribution in [0.25, 0.3) is 16.6 Å². The van der Waals surface area contributed by atoms with Crippen molar-refractivity contribution in [3.8, 4) is 0 Å². The van der Waals surface area contributed by atoms with E-state index in [1.807, 2.05) is 0 Å². The Morgan fingerprint density at radius 1 is 1.03 bits per heavy atom. The van der Waals surface area contributed by atoms with Gasteiger partial charge >= 0.3 is 7.12 Å². The summed E-state index contributed by atoms with van der Waals surface area (Å²) >= 11 is 0. The zero-order valence-electron chi connectivity index (χ0n) is 19.0. The van der Waals surface area contributed by atoms with Crippen LogP contribution in [0.3, 0.4) is 0 Å². The second kappa shape index (κ2) is 6.11. The van der Waals surface area contributed by atoms with Gasteiger partial charge in [0.2, 0.25) is 0 Å². The van der Waals surface area contributed by atoms with Crippen molar-refractivity contribution >= 4 is 23.7 Å². The Hall–Kier alpha value is -2.37. The molecule has 2 atom stereocenters. The molecule has 2 aromatic rings. The van der Waals surface area contributed by atoms with Crippen molar-refractivity contribution in [3.63, 3.8) is 0 Å². The predicted octanol–water partition coefficient (Wildman–Crippen LogP) is 5.61. The predicted molar refractivity (Wildman–Crippen MR) is 125 cm³/mol. The van der Waals surface area contributed by atoms with E-state index in [4.69, 9.17) is 14.3 Å². The fraction of sp³-hybridized carbons (Fsp3) is 0.423. The van der Waals surface area contributed by atoms with Crippen molar-refractivity contribution < 1.29 is 9.31 Å². The fourth-order valence-corrected chi connectivity index (χ4v) is 5.56. The SMILES string of the molecule is CC1(C)OB(C2=C[C@@]3(C)C(C=C2)C2=C(CCC=C2)c2nc4ccccc4n23)OC1(C)C. The smallest absolute Gasteiger partial charge is 0.399 e. The maximum atomic E-state index is 6.40. The summed E-state index contributed by atoms with van der Waals surface area (Å²) in [5.41, 5.74) is 5.13. The fourth-order valence-electron chi connectivity index (χ4n) is 5.56. The molecule has 158 valence electrons. The molecule has 1 fully saturated rings. The second-order valence-corrected chi connectivity index (χ2v) is 10.4. The highest BCUT2D eigenvalue weighted by Crippen LogP contribution is 2.51. The van der Waals surface area contributed by atoms with E-state index in [2.05, 4.69) is 93.8 Å². The lowest BCUT2D eigenvalue weighted by molar-refractivity contribution is 0.00578. The number of hydrogen-bond acceptors (Lipinski definition) is 3. The zero-order chi connectivity index (χ0) is 21.6. The van der Waals surface area contributed by atoms with Crippen LogP contribution in [-0.2, 0) is 14.8 Å². The molecule has 1 saturated heterocycles. The molecule has 0 spiro atoms. The van der Waals surface area contributed by atoms with Gasteiger partial charge in [-0.25, -0.2) is 4.98 Å². The van der Waals surface area contributed by atoms with E-state index in [0.717, 1.165) is 29.7 Å². The van der Waals surface area contributed by atoms with Gasteiger partial charge in [0.1, 0.15) is 5.82 Å². The van der Waals surface area contributed by atoms with Gasteiger partial charge in [0.25, 0.3) is 0 Å². The lowest BCUT2D eigenvalue weighted by atomic mass is 9.65. The first kappa shape index (κ1) is 19.3. The van der Waals surface area contributed by atoms with Crippen LogP contribution < -0.4 is 0 Å². The van der Waals surface area contributed by atoms with Gasteiger partial charge in [0.15, 0.2) is 0 Å². The number of benzene rings is 1. The molecule has 1 unspecified atom stereocenters. The number of aromatic nitrogens is 2. The molecule has 3 heterocycles. The number of allylic oxidation sites excluding steroid dienone is 8. The topological polar surface area (TPSA) is 36.3 Å². The molecule has 2 aliphatic heterocycles. The Morgan fingerprint density at radius 3 is 2.55 bits per heavy atom. The minimum absolute atomic E-state index is 0.260. The Bertz CT molecular complexity index is 1210. The third-order valence-electron chi connectivity index (χ3n) is 7.95. The van der Waals surface area contributed by atoms with Gasteiger partial charge in [0, 0.05) is 5.92 Å². The molecular weight excluding hydrogens is 383 g/mol. The van der Waals surface area contributed by atoms with Gasteiger partial charge in [-0.3, -0.25) is 0 Å². The van der Waals surface area contributed by atoms with Crippen LogP contribution in [0.2, 0.25) is 0 Å². The molecule has 0 bridgehead atoms. The van der Waals surface area contributed by atoms with Crippen molar-refractivity contribution in [2.75, 3.05) is 0 Å². The van der Waals surface area contributed by atoms with E-state index in [1.165, 1.54) is 16.7 Å². The normalized spacial score (nSPS) is 30.3. The van der Waals surface area contributed by atoms with Gasteiger partial charge in [0.05, 0.1) is 27.8 Å². The first-order valence-electron chi connectivity index (χ1n) is 11.4. The molecule has 5 heteroatoms. The molecule has 1 aromatic heterocycles. The van der Waals surface area contributed by atoms with Crippen LogP contribution in [0.5, 0.6) is 0 Å². The van der Waals surface area contributed by atoms with E-state index >= 15 is 0 Å². The maximum absolute atomic E-state index is 6.40. The van der Waals surface area contributed by atoms with Crippen molar-refractivity contribution in [1.82, 2.24) is 9.55 Å². The first-order valence-corrected chi connectivity index (χ1v) is 11.4. The Labute approximate surface area is 184 Å². The summed E-state index contributed by atoms with van der Waals surface area (Å²) in [5.74, 6) is 1.37. The van der Waals surface area contributed by atoms with Crippen LogP contribution in [-0.4, -0.2) is 27.9 Å². The van der Waals surface area contributed by atoms with Gasteiger partial charge in [-0.15, -0.1) is 0 Å². The molecule has 0 saturated carbocycles. The molecule has 0 N–H and O–H groups in total. The Morgan fingerprint density at radius 2 is 1.77 bits per heavy atom. The van der Waals surface area contributed by atoms with Crippen LogP contribution >= 0.6 is 0 Å². The largest absolute Gasteiger partial charge is 0.494 e. The van der Waals surface area contributed by atoms with Gasteiger partial charge in [-0.05, 0) is 76.2 Å². The molecule has 6 rings (SSSR count). The lowest BCUT2D eigenvalue weighted by Crippen LogP contribution is -2.43. The number of fused-ring (bicyclic) bond motifs is 7. The van der Waals surface area contributed by atoms with Gasteiger partial charge in [-0.2, -0.15) is 0 Å². The van der Waals surface area contributed by atoms with Crippen molar-refractivity contribution in [2.24, 2.45) is 5.92 Å². The summed E-state index contributed by atoms with van der Waals surface area (Å²) in [4.78, 5) is 5.10. The molecule has 0 radical (unpaired) electrons. The summed E-state index contributed by atoms with van der Waals surface area (Å²) in [5, 5.41) is 0. The number of hydrogen-bond donors (Lipinski definition) is 0. The number of nitrogens with zero attached hydrogens (tertiary/aromatic N) is 2. The highest BCUT2D eigenvalue weighted by Gasteiger charge is 2.54. The van der Waals surface area contributed by atoms with Crippen LogP contribution in [0.15, 0.2) is 65.7 Å². The molecule has 31 heavy (non-hydrogen) atoms.